The fourth-order valence-corrected chi connectivity index (χ4v) is 2.38. The molecule has 0 atom stereocenters. The summed E-state index contributed by atoms with van der Waals surface area (Å²) in [7, 11) is 1.40. The second kappa shape index (κ2) is 4.59. The van der Waals surface area contributed by atoms with Crippen LogP contribution in [0.5, 0.6) is 5.75 Å². The van der Waals surface area contributed by atoms with Gasteiger partial charge in [0.05, 0.1) is 23.1 Å². The van der Waals surface area contributed by atoms with Gasteiger partial charge in [0, 0.05) is 5.39 Å². The van der Waals surface area contributed by atoms with E-state index < -0.39 is 4.92 Å². The highest BCUT2D eigenvalue weighted by Crippen LogP contribution is 2.40. The maximum Gasteiger partial charge on any atom is 0.299 e. The van der Waals surface area contributed by atoms with Crippen LogP contribution in [0.25, 0.3) is 10.9 Å². The number of methoxy groups -OCH3 is 1. The van der Waals surface area contributed by atoms with Crippen molar-refractivity contribution in [3.63, 3.8) is 0 Å². The maximum atomic E-state index is 11.0. The molecule has 1 heterocycles. The second-order valence-electron chi connectivity index (χ2n) is 3.65. The predicted molar refractivity (Wildman–Crippen MR) is 69.7 cm³/mol. The second-order valence-corrected chi connectivity index (χ2v) is 4.42. The zero-order valence-corrected chi connectivity index (χ0v) is 11.0. The van der Waals surface area contributed by atoms with Gasteiger partial charge in [0.1, 0.15) is 10.9 Å². The van der Waals surface area contributed by atoms with Crippen LogP contribution in [0.4, 0.5) is 5.69 Å². The number of ether oxygens (including phenoxy) is 1. The molecule has 7 heteroatoms. The number of benzene rings is 1. The number of rotatable bonds is 2. The molecule has 0 aliphatic heterocycles. The Morgan fingerprint density at radius 1 is 1.39 bits per heavy atom. The summed E-state index contributed by atoms with van der Waals surface area (Å²) >= 11 is 12.0. The average molecular weight is 287 g/mol. The predicted octanol–water partition coefficient (Wildman–Crippen LogP) is 3.77. The van der Waals surface area contributed by atoms with Gasteiger partial charge in [0.2, 0.25) is 0 Å². The number of nitrogens with zero attached hydrogens (tertiary/aromatic N) is 2. The van der Waals surface area contributed by atoms with Crippen molar-refractivity contribution < 1.29 is 9.66 Å². The molecule has 0 unspecified atom stereocenters. The van der Waals surface area contributed by atoms with Crippen molar-refractivity contribution in [1.82, 2.24) is 4.98 Å². The molecule has 2 rings (SSSR count). The van der Waals surface area contributed by atoms with Gasteiger partial charge in [-0.15, -0.1) is 0 Å². The summed E-state index contributed by atoms with van der Waals surface area (Å²) in [5, 5.41) is 12.0. The van der Waals surface area contributed by atoms with Gasteiger partial charge in [-0.3, -0.25) is 10.1 Å². The van der Waals surface area contributed by atoms with E-state index >= 15 is 0 Å². The Hall–Kier alpha value is -1.59. The first-order chi connectivity index (χ1) is 8.45. The van der Waals surface area contributed by atoms with Gasteiger partial charge in [0.15, 0.2) is 5.52 Å². The summed E-state index contributed by atoms with van der Waals surface area (Å²) in [6.07, 6.45) is 0. The highest BCUT2D eigenvalue weighted by Gasteiger charge is 2.21. The van der Waals surface area contributed by atoms with E-state index in [9.17, 15) is 10.1 Å². The van der Waals surface area contributed by atoms with E-state index in [2.05, 4.69) is 4.98 Å². The van der Waals surface area contributed by atoms with Crippen LogP contribution in [0.3, 0.4) is 0 Å². The minimum atomic E-state index is -0.538. The SMILES string of the molecule is COc1cc([N+](=O)[O-])c2nc(Cl)cc(C)c2c1Cl. The van der Waals surface area contributed by atoms with Gasteiger partial charge in [-0.25, -0.2) is 4.98 Å². The Bertz CT molecular complexity index is 659. The monoisotopic (exact) mass is 286 g/mol. The lowest BCUT2D eigenvalue weighted by Gasteiger charge is -2.09. The van der Waals surface area contributed by atoms with E-state index in [0.717, 1.165) is 0 Å². The first-order valence-electron chi connectivity index (χ1n) is 4.93. The summed E-state index contributed by atoms with van der Waals surface area (Å²) in [6, 6.07) is 2.84. The Kier molecular flexibility index (Phi) is 3.28. The molecule has 0 N–H and O–H groups in total. The molecule has 1 aromatic heterocycles. The molecule has 0 aliphatic carbocycles. The Morgan fingerprint density at radius 3 is 2.61 bits per heavy atom. The molecule has 0 fully saturated rings. The Labute approximate surface area is 112 Å². The first kappa shape index (κ1) is 12.9. The minimum Gasteiger partial charge on any atom is -0.495 e. The maximum absolute atomic E-state index is 11.0. The molecule has 2 aromatic rings. The summed E-state index contributed by atoms with van der Waals surface area (Å²) in [5.74, 6) is 0.239. The molecule has 0 radical (unpaired) electrons. The number of non-ortho nitro benzene ring substituents is 1. The molecule has 94 valence electrons. The van der Waals surface area contributed by atoms with Crippen molar-refractivity contribution in [2.75, 3.05) is 7.11 Å². The van der Waals surface area contributed by atoms with Gasteiger partial charge in [-0.2, -0.15) is 0 Å². The molecule has 5 nitrogen and oxygen atoms in total. The third-order valence-electron chi connectivity index (χ3n) is 2.55. The fraction of sp³-hybridized carbons (Fsp3) is 0.182. The van der Waals surface area contributed by atoms with Crippen LogP contribution in [0.15, 0.2) is 12.1 Å². The molecule has 0 saturated carbocycles. The molecule has 0 saturated heterocycles. The van der Waals surface area contributed by atoms with E-state index in [1.165, 1.54) is 13.2 Å². The smallest absolute Gasteiger partial charge is 0.299 e. The number of aromatic nitrogens is 1. The third-order valence-corrected chi connectivity index (χ3v) is 3.12. The number of hydrogen-bond donors (Lipinski definition) is 0. The van der Waals surface area contributed by atoms with Crippen molar-refractivity contribution in [1.29, 1.82) is 0 Å². The van der Waals surface area contributed by atoms with Gasteiger partial charge >= 0.3 is 0 Å². The van der Waals surface area contributed by atoms with E-state index in [0.29, 0.717) is 16.0 Å². The van der Waals surface area contributed by atoms with Crippen LogP contribution in [0.2, 0.25) is 10.2 Å². The molecule has 0 bridgehead atoms. The van der Waals surface area contributed by atoms with Crippen LogP contribution in [-0.2, 0) is 0 Å². The van der Waals surface area contributed by atoms with Crippen molar-refractivity contribution in [2.24, 2.45) is 0 Å². The Balaban J connectivity index is 3.01. The van der Waals surface area contributed by atoms with E-state index in [1.54, 1.807) is 13.0 Å². The topological polar surface area (TPSA) is 65.3 Å². The third kappa shape index (κ3) is 1.95. The highest BCUT2D eigenvalue weighted by molar-refractivity contribution is 6.38. The summed E-state index contributed by atoms with van der Waals surface area (Å²) in [6.45, 7) is 1.75. The minimum absolute atomic E-state index is 0.163. The Morgan fingerprint density at radius 2 is 2.06 bits per heavy atom. The number of aryl methyl sites for hydroxylation is 1. The summed E-state index contributed by atoms with van der Waals surface area (Å²) < 4.78 is 5.03. The van der Waals surface area contributed by atoms with Crippen molar-refractivity contribution in [3.05, 3.63) is 38.0 Å². The van der Waals surface area contributed by atoms with Crippen molar-refractivity contribution in [3.8, 4) is 5.75 Å². The standard InChI is InChI=1S/C11H8Cl2N2O3/c1-5-3-8(12)14-11-6(15(16)17)4-7(18-2)10(13)9(5)11/h3-4H,1-2H3. The van der Waals surface area contributed by atoms with E-state index in [-0.39, 0.29) is 22.1 Å². The number of nitro benzene ring substituents is 1. The lowest BCUT2D eigenvalue weighted by molar-refractivity contribution is -0.383. The number of pyridine rings is 1. The van der Waals surface area contributed by atoms with Gasteiger partial charge < -0.3 is 4.74 Å². The molecule has 0 spiro atoms. The highest BCUT2D eigenvalue weighted by atomic mass is 35.5. The molecular weight excluding hydrogens is 279 g/mol. The molecule has 0 aliphatic rings. The van der Waals surface area contributed by atoms with Crippen molar-refractivity contribution in [2.45, 2.75) is 6.92 Å². The zero-order chi connectivity index (χ0) is 13.4. The number of nitro groups is 1. The molecule has 1 aromatic carbocycles. The molecular formula is C11H8Cl2N2O3. The fourth-order valence-electron chi connectivity index (χ4n) is 1.76. The van der Waals surface area contributed by atoms with Gasteiger partial charge in [-0.1, -0.05) is 23.2 Å². The number of halogens is 2. The quantitative estimate of drug-likeness (QED) is 0.479. The lowest BCUT2D eigenvalue weighted by Crippen LogP contribution is -1.96. The van der Waals surface area contributed by atoms with Crippen LogP contribution < -0.4 is 4.74 Å². The van der Waals surface area contributed by atoms with Gasteiger partial charge in [0.25, 0.3) is 5.69 Å². The van der Waals surface area contributed by atoms with Crippen LogP contribution in [0.1, 0.15) is 5.56 Å². The molecule has 18 heavy (non-hydrogen) atoms. The van der Waals surface area contributed by atoms with E-state index in [1.807, 2.05) is 0 Å². The van der Waals surface area contributed by atoms with Crippen molar-refractivity contribution >= 4 is 39.8 Å². The number of fused-ring (bicyclic) bond motifs is 1. The zero-order valence-electron chi connectivity index (χ0n) is 9.53. The number of hydrogen-bond acceptors (Lipinski definition) is 4. The van der Waals surface area contributed by atoms with E-state index in [4.69, 9.17) is 27.9 Å². The summed E-state index contributed by atoms with van der Waals surface area (Å²) in [5.41, 5.74) is 0.685. The normalized spacial score (nSPS) is 10.7. The molecule has 0 amide bonds. The average Bonchev–Trinajstić information content (AvgIpc) is 2.27. The summed E-state index contributed by atoms with van der Waals surface area (Å²) in [4.78, 5) is 14.5. The van der Waals surface area contributed by atoms with Crippen LogP contribution in [0, 0.1) is 17.0 Å². The van der Waals surface area contributed by atoms with Gasteiger partial charge in [-0.05, 0) is 18.6 Å². The first-order valence-corrected chi connectivity index (χ1v) is 5.69. The lowest BCUT2D eigenvalue weighted by atomic mass is 10.1. The van der Waals surface area contributed by atoms with Crippen LogP contribution in [-0.4, -0.2) is 17.0 Å². The van der Waals surface area contributed by atoms with Crippen LogP contribution >= 0.6 is 23.2 Å². The largest absolute Gasteiger partial charge is 0.495 e.